The molecule has 0 radical (unpaired) electrons. The van der Waals surface area contributed by atoms with Gasteiger partial charge < -0.3 is 15.2 Å². The number of aliphatic carboxylic acids is 1. The highest BCUT2D eigenvalue weighted by Gasteiger charge is 2.44. The number of carboxylic acids is 1. The summed E-state index contributed by atoms with van der Waals surface area (Å²) in [5.74, 6) is -1.54. The highest BCUT2D eigenvalue weighted by molar-refractivity contribution is 7.92. The van der Waals surface area contributed by atoms with Crippen LogP contribution in [-0.2, 0) is 19.4 Å². The number of nitrogens with one attached hydrogen (secondary N) is 1. The average Bonchev–Trinajstić information content (AvgIpc) is 2.20. The summed E-state index contributed by atoms with van der Waals surface area (Å²) in [5, 5.41) is 10.9. The van der Waals surface area contributed by atoms with E-state index in [9.17, 15) is 18.0 Å². The second kappa shape index (κ2) is 5.67. The van der Waals surface area contributed by atoms with Crippen LogP contribution in [0.4, 0.5) is 4.79 Å². The van der Waals surface area contributed by atoms with E-state index in [0.717, 1.165) is 13.2 Å². The molecule has 0 aliphatic carbocycles. The Kier molecular flexibility index (Phi) is 5.14. The highest BCUT2D eigenvalue weighted by Crippen LogP contribution is 2.15. The molecule has 98 valence electrons. The van der Waals surface area contributed by atoms with Crippen LogP contribution >= 0.6 is 0 Å². The number of sulfone groups is 1. The first-order chi connectivity index (χ1) is 7.65. The van der Waals surface area contributed by atoms with Crippen molar-refractivity contribution in [1.82, 2.24) is 5.32 Å². The first kappa shape index (κ1) is 15.4. The Hall–Kier alpha value is -1.57. The number of carboxylic acid groups (broad SMARTS) is 1. The molecular weight excluding hydrogens is 250 g/mol. The molecule has 0 bridgehead atoms. The number of hydrogen-bond acceptors (Lipinski definition) is 5. The third-order valence-electron chi connectivity index (χ3n) is 2.17. The second-order valence-corrected chi connectivity index (χ2v) is 5.99. The summed E-state index contributed by atoms with van der Waals surface area (Å²) < 4.78 is 25.1. The van der Waals surface area contributed by atoms with Crippen LogP contribution in [0.15, 0.2) is 12.7 Å². The molecule has 0 fully saturated rings. The van der Waals surface area contributed by atoms with E-state index in [0.29, 0.717) is 0 Å². The van der Waals surface area contributed by atoms with Crippen molar-refractivity contribution in [3.05, 3.63) is 12.7 Å². The molecule has 0 heterocycles. The quantitative estimate of drug-likeness (QED) is 0.643. The summed E-state index contributed by atoms with van der Waals surface area (Å²) >= 11 is 0. The topological polar surface area (TPSA) is 110 Å². The van der Waals surface area contributed by atoms with E-state index in [-0.39, 0.29) is 6.61 Å². The zero-order chi connectivity index (χ0) is 13.7. The number of carbonyl (C=O) groups is 2. The fourth-order valence-corrected chi connectivity index (χ4v) is 1.44. The maximum Gasteiger partial charge on any atom is 0.407 e. The van der Waals surface area contributed by atoms with Crippen LogP contribution in [-0.4, -0.2) is 49.7 Å². The smallest absolute Gasteiger partial charge is 0.407 e. The minimum atomic E-state index is -3.87. The van der Waals surface area contributed by atoms with Crippen molar-refractivity contribution in [2.24, 2.45) is 0 Å². The molecule has 1 atom stereocenters. The predicted molar refractivity (Wildman–Crippen MR) is 60.4 cm³/mol. The van der Waals surface area contributed by atoms with Gasteiger partial charge in [0, 0.05) is 6.26 Å². The molecule has 1 amide bonds. The van der Waals surface area contributed by atoms with E-state index in [1.807, 2.05) is 0 Å². The average molecular weight is 265 g/mol. The van der Waals surface area contributed by atoms with Crippen LogP contribution in [0, 0.1) is 0 Å². The molecule has 0 aromatic rings. The van der Waals surface area contributed by atoms with Gasteiger partial charge in [-0.25, -0.2) is 13.2 Å². The molecule has 0 aliphatic heterocycles. The molecule has 0 spiro atoms. The molecule has 0 aromatic heterocycles. The summed E-state index contributed by atoms with van der Waals surface area (Å²) in [6, 6.07) is 0. The van der Waals surface area contributed by atoms with E-state index in [2.05, 4.69) is 16.6 Å². The maximum atomic E-state index is 11.3. The molecule has 8 heteroatoms. The molecule has 1 unspecified atom stereocenters. The molecule has 2 N–H and O–H groups in total. The van der Waals surface area contributed by atoms with Gasteiger partial charge in [-0.2, -0.15) is 0 Å². The Morgan fingerprint density at radius 1 is 1.53 bits per heavy atom. The zero-order valence-electron chi connectivity index (χ0n) is 9.60. The van der Waals surface area contributed by atoms with Crippen molar-refractivity contribution in [3.63, 3.8) is 0 Å². The van der Waals surface area contributed by atoms with E-state index in [1.165, 1.54) is 6.08 Å². The Bertz CT molecular complexity index is 415. The number of amides is 1. The van der Waals surface area contributed by atoms with Gasteiger partial charge in [0.05, 0.1) is 6.54 Å². The van der Waals surface area contributed by atoms with Gasteiger partial charge in [-0.15, -0.1) is 0 Å². The van der Waals surface area contributed by atoms with E-state index in [1.54, 1.807) is 0 Å². The molecule has 0 saturated carbocycles. The van der Waals surface area contributed by atoms with Gasteiger partial charge in [-0.05, 0) is 6.92 Å². The minimum absolute atomic E-state index is 0.0471. The number of ether oxygens (including phenoxy) is 1. The summed E-state index contributed by atoms with van der Waals surface area (Å²) in [6.45, 7) is 3.71. The Balaban J connectivity index is 4.66. The first-order valence-corrected chi connectivity index (χ1v) is 6.49. The Morgan fingerprint density at radius 3 is 2.41 bits per heavy atom. The van der Waals surface area contributed by atoms with Crippen LogP contribution in [0.2, 0.25) is 0 Å². The lowest BCUT2D eigenvalue weighted by Gasteiger charge is -2.22. The van der Waals surface area contributed by atoms with Crippen molar-refractivity contribution in [2.45, 2.75) is 11.7 Å². The standard InChI is InChI=1S/C9H15NO6S/c1-4-5-16-8(13)10-6-9(2,7(11)12)17(3,14)15/h4H,1,5-6H2,2-3H3,(H,10,13)(H,11,12). The SMILES string of the molecule is C=CCOC(=O)NCC(C)(C(=O)O)S(C)(=O)=O. The van der Waals surface area contributed by atoms with Gasteiger partial charge in [0.25, 0.3) is 0 Å². The van der Waals surface area contributed by atoms with Crippen molar-refractivity contribution in [3.8, 4) is 0 Å². The molecule has 7 nitrogen and oxygen atoms in total. The van der Waals surface area contributed by atoms with Gasteiger partial charge in [0.1, 0.15) is 6.61 Å². The fraction of sp³-hybridized carbons (Fsp3) is 0.556. The third-order valence-corrected chi connectivity index (χ3v) is 4.13. The molecule has 0 rings (SSSR count). The number of carbonyl (C=O) groups excluding carboxylic acids is 1. The predicted octanol–water partition coefficient (Wildman–Crippen LogP) is -0.213. The van der Waals surface area contributed by atoms with E-state index in [4.69, 9.17) is 5.11 Å². The fourth-order valence-electron chi connectivity index (χ4n) is 0.792. The first-order valence-electron chi connectivity index (χ1n) is 4.59. The van der Waals surface area contributed by atoms with Crippen molar-refractivity contribution in [2.75, 3.05) is 19.4 Å². The summed E-state index contributed by atoms with van der Waals surface area (Å²) in [7, 11) is -3.87. The molecule has 0 saturated heterocycles. The van der Waals surface area contributed by atoms with Crippen molar-refractivity contribution >= 4 is 21.9 Å². The van der Waals surface area contributed by atoms with Crippen molar-refractivity contribution < 1.29 is 27.9 Å². The highest BCUT2D eigenvalue weighted by atomic mass is 32.2. The summed E-state index contributed by atoms with van der Waals surface area (Å²) in [5.41, 5.74) is 0. The number of alkyl carbamates (subject to hydrolysis) is 1. The lowest BCUT2D eigenvalue weighted by molar-refractivity contribution is -0.139. The second-order valence-electron chi connectivity index (χ2n) is 3.55. The molecule has 0 aliphatic rings. The monoisotopic (exact) mass is 265 g/mol. The van der Waals surface area contributed by atoms with Gasteiger partial charge in [0.2, 0.25) is 0 Å². The zero-order valence-corrected chi connectivity index (χ0v) is 10.4. The lowest BCUT2D eigenvalue weighted by atomic mass is 10.2. The van der Waals surface area contributed by atoms with E-state index < -0.39 is 33.2 Å². The Labute approximate surface area is 99.4 Å². The van der Waals surface area contributed by atoms with Crippen LogP contribution in [0.5, 0.6) is 0 Å². The van der Waals surface area contributed by atoms with Crippen LogP contribution in [0.1, 0.15) is 6.92 Å². The van der Waals surface area contributed by atoms with Gasteiger partial charge >= 0.3 is 12.1 Å². The number of hydrogen-bond donors (Lipinski definition) is 2. The van der Waals surface area contributed by atoms with E-state index >= 15 is 0 Å². The minimum Gasteiger partial charge on any atom is -0.480 e. The van der Waals surface area contributed by atoms with Crippen molar-refractivity contribution in [1.29, 1.82) is 0 Å². The lowest BCUT2D eigenvalue weighted by Crippen LogP contribution is -2.52. The van der Waals surface area contributed by atoms with Gasteiger partial charge in [-0.1, -0.05) is 12.7 Å². The normalized spacial score (nSPS) is 14.5. The molecule has 0 aromatic carbocycles. The van der Waals surface area contributed by atoms with Gasteiger partial charge in [-0.3, -0.25) is 4.79 Å². The molecular formula is C9H15NO6S. The van der Waals surface area contributed by atoms with Gasteiger partial charge in [0.15, 0.2) is 14.6 Å². The maximum absolute atomic E-state index is 11.3. The molecule has 17 heavy (non-hydrogen) atoms. The Morgan fingerprint density at radius 2 is 2.06 bits per heavy atom. The third kappa shape index (κ3) is 4.06. The largest absolute Gasteiger partial charge is 0.480 e. The number of rotatable bonds is 6. The summed E-state index contributed by atoms with van der Waals surface area (Å²) in [4.78, 5) is 21.9. The van der Waals surface area contributed by atoms with Crippen LogP contribution < -0.4 is 5.32 Å². The van der Waals surface area contributed by atoms with Crippen LogP contribution in [0.25, 0.3) is 0 Å². The summed E-state index contributed by atoms with van der Waals surface area (Å²) in [6.07, 6.45) is 1.21. The van der Waals surface area contributed by atoms with Crippen LogP contribution in [0.3, 0.4) is 0 Å².